The van der Waals surface area contributed by atoms with E-state index in [1.54, 1.807) is 27.7 Å². The molecule has 0 fully saturated rings. The molecule has 0 aromatic carbocycles. The molecule has 0 unspecified atom stereocenters. The lowest BCUT2D eigenvalue weighted by Crippen LogP contribution is -2.33. The first-order chi connectivity index (χ1) is 5.41. The zero-order valence-electron chi connectivity index (χ0n) is 8.53. The van der Waals surface area contributed by atoms with Crippen LogP contribution >= 0.6 is 0 Å². The number of hydrogen-bond donors (Lipinski definition) is 2. The van der Waals surface area contributed by atoms with E-state index in [0.717, 1.165) is 0 Å². The fourth-order valence-corrected chi connectivity index (χ4v) is 2.81. The number of rotatable bonds is 4. The third-order valence-electron chi connectivity index (χ3n) is 1.48. The van der Waals surface area contributed by atoms with E-state index in [0.29, 0.717) is 6.42 Å². The van der Waals surface area contributed by atoms with Crippen molar-refractivity contribution in [3.05, 3.63) is 0 Å². The molecule has 0 heterocycles. The quantitative estimate of drug-likeness (QED) is 0.680. The van der Waals surface area contributed by atoms with Crippen molar-refractivity contribution < 1.29 is 18.1 Å². The van der Waals surface area contributed by atoms with Gasteiger partial charge in [0.15, 0.2) is 0 Å². The summed E-state index contributed by atoms with van der Waals surface area (Å²) >= 11 is 0. The molecule has 13 heavy (non-hydrogen) atoms. The average molecular weight is 210 g/mol. The molecule has 0 amide bonds. The Kier molecular flexibility index (Phi) is 3.52. The Hall–Kier alpha value is -0.130. The first-order valence-electron chi connectivity index (χ1n) is 4.09. The summed E-state index contributed by atoms with van der Waals surface area (Å²) in [5.41, 5.74) is -1.54. The van der Waals surface area contributed by atoms with Gasteiger partial charge in [-0.15, -0.1) is 0 Å². The zero-order valence-corrected chi connectivity index (χ0v) is 9.35. The highest BCUT2D eigenvalue weighted by Crippen LogP contribution is 2.28. The van der Waals surface area contributed by atoms with E-state index in [-0.39, 0.29) is 5.75 Å². The molecule has 0 rings (SSSR count). The Balaban J connectivity index is 4.43. The van der Waals surface area contributed by atoms with Crippen LogP contribution in [0.2, 0.25) is 0 Å². The lowest BCUT2D eigenvalue weighted by atomic mass is 9.84. The topological polar surface area (TPSA) is 74.6 Å². The van der Waals surface area contributed by atoms with E-state index in [9.17, 15) is 13.5 Å². The van der Waals surface area contributed by atoms with Gasteiger partial charge in [-0.05, 0) is 25.7 Å². The highest BCUT2D eigenvalue weighted by atomic mass is 32.2. The minimum absolute atomic E-state index is 0.319. The van der Waals surface area contributed by atoms with Crippen molar-refractivity contribution in [3.63, 3.8) is 0 Å². The van der Waals surface area contributed by atoms with Gasteiger partial charge in [-0.25, -0.2) is 0 Å². The van der Waals surface area contributed by atoms with Crippen molar-refractivity contribution >= 4 is 10.1 Å². The van der Waals surface area contributed by atoms with Crippen LogP contribution in [0.3, 0.4) is 0 Å². The summed E-state index contributed by atoms with van der Waals surface area (Å²) in [7, 11) is -3.97. The second-order valence-electron chi connectivity index (χ2n) is 4.88. The van der Waals surface area contributed by atoms with Gasteiger partial charge in [0.05, 0.1) is 11.4 Å². The van der Waals surface area contributed by atoms with Gasteiger partial charge in [-0.1, -0.05) is 13.8 Å². The largest absolute Gasteiger partial charge is 0.390 e. The highest BCUT2D eigenvalue weighted by Gasteiger charge is 2.30. The number of aliphatic hydroxyl groups is 1. The molecule has 80 valence electrons. The molecule has 0 spiro atoms. The SMILES string of the molecule is CC(C)(O)CC(C)(C)CS(=O)(=O)O. The fourth-order valence-electron chi connectivity index (χ4n) is 1.72. The smallest absolute Gasteiger partial charge is 0.265 e. The van der Waals surface area contributed by atoms with Crippen molar-refractivity contribution in [2.75, 3.05) is 5.75 Å². The molecule has 0 radical (unpaired) electrons. The molecule has 5 heteroatoms. The van der Waals surface area contributed by atoms with Gasteiger partial charge < -0.3 is 5.11 Å². The van der Waals surface area contributed by atoms with E-state index in [1.165, 1.54) is 0 Å². The predicted octanol–water partition coefficient (Wildman–Crippen LogP) is 1.06. The molecule has 4 nitrogen and oxygen atoms in total. The predicted molar refractivity (Wildman–Crippen MR) is 51.1 cm³/mol. The normalized spacial score (nSPS) is 14.6. The lowest BCUT2D eigenvalue weighted by molar-refractivity contribution is 0.0376. The Morgan fingerprint density at radius 2 is 1.54 bits per heavy atom. The van der Waals surface area contributed by atoms with E-state index in [2.05, 4.69) is 0 Å². The van der Waals surface area contributed by atoms with Gasteiger partial charge in [0, 0.05) is 0 Å². The summed E-state index contributed by atoms with van der Waals surface area (Å²) in [5.74, 6) is -0.329. The third kappa shape index (κ3) is 8.21. The summed E-state index contributed by atoms with van der Waals surface area (Å²) in [4.78, 5) is 0. The Bertz CT molecular complexity index is 258. The summed E-state index contributed by atoms with van der Waals surface area (Å²) in [6.07, 6.45) is 0.319. The Labute approximate surface area is 79.7 Å². The maximum atomic E-state index is 10.6. The van der Waals surface area contributed by atoms with Crippen LogP contribution in [0.25, 0.3) is 0 Å². The van der Waals surface area contributed by atoms with Crippen LogP contribution in [0.5, 0.6) is 0 Å². The van der Waals surface area contributed by atoms with E-state index in [1.807, 2.05) is 0 Å². The molecule has 0 saturated carbocycles. The molecule has 0 atom stereocenters. The van der Waals surface area contributed by atoms with E-state index in [4.69, 9.17) is 4.55 Å². The second-order valence-corrected chi connectivity index (χ2v) is 6.33. The van der Waals surface area contributed by atoms with Gasteiger partial charge in [0.1, 0.15) is 0 Å². The van der Waals surface area contributed by atoms with Crippen molar-refractivity contribution in [2.24, 2.45) is 5.41 Å². The van der Waals surface area contributed by atoms with Crippen LogP contribution in [-0.4, -0.2) is 29.4 Å². The van der Waals surface area contributed by atoms with E-state index >= 15 is 0 Å². The maximum absolute atomic E-state index is 10.6. The second kappa shape index (κ2) is 3.55. The van der Waals surface area contributed by atoms with Gasteiger partial charge >= 0.3 is 0 Å². The summed E-state index contributed by atoms with van der Waals surface area (Å²) in [6.45, 7) is 6.61. The molecular formula is C8H18O4S. The molecule has 0 aliphatic carbocycles. The molecule has 0 aliphatic heterocycles. The summed E-state index contributed by atoms with van der Waals surface area (Å²) < 4.78 is 29.9. The maximum Gasteiger partial charge on any atom is 0.265 e. The molecule has 0 saturated heterocycles. The van der Waals surface area contributed by atoms with Crippen molar-refractivity contribution in [1.82, 2.24) is 0 Å². The lowest BCUT2D eigenvalue weighted by Gasteiger charge is -2.30. The van der Waals surface area contributed by atoms with Gasteiger partial charge in [0.25, 0.3) is 10.1 Å². The molecule has 0 aromatic heterocycles. The van der Waals surface area contributed by atoms with Crippen LogP contribution in [0.1, 0.15) is 34.1 Å². The third-order valence-corrected chi connectivity index (χ3v) is 2.63. The molecule has 0 aromatic rings. The summed E-state index contributed by atoms with van der Waals surface area (Å²) in [5, 5.41) is 9.47. The minimum atomic E-state index is -3.97. The fraction of sp³-hybridized carbons (Fsp3) is 1.00. The molecule has 0 aliphatic rings. The van der Waals surface area contributed by atoms with Crippen molar-refractivity contribution in [3.8, 4) is 0 Å². The minimum Gasteiger partial charge on any atom is -0.390 e. The zero-order chi connectivity index (χ0) is 10.9. The van der Waals surface area contributed by atoms with Crippen molar-refractivity contribution in [1.29, 1.82) is 0 Å². The Morgan fingerprint density at radius 3 is 1.77 bits per heavy atom. The monoisotopic (exact) mass is 210 g/mol. The van der Waals surface area contributed by atoms with Crippen LogP contribution in [-0.2, 0) is 10.1 Å². The van der Waals surface area contributed by atoms with Gasteiger partial charge in [-0.2, -0.15) is 8.42 Å². The van der Waals surface area contributed by atoms with Crippen molar-refractivity contribution in [2.45, 2.75) is 39.7 Å². The van der Waals surface area contributed by atoms with Crippen LogP contribution in [0.4, 0.5) is 0 Å². The first-order valence-corrected chi connectivity index (χ1v) is 5.70. The van der Waals surface area contributed by atoms with Gasteiger partial charge in [0.2, 0.25) is 0 Å². The standard InChI is InChI=1S/C8H18O4S/c1-7(2,5-8(3,4)9)6-13(10,11)12/h9H,5-6H2,1-4H3,(H,10,11,12). The molecule has 0 bridgehead atoms. The summed E-state index contributed by atoms with van der Waals surface area (Å²) in [6, 6.07) is 0. The molecular weight excluding hydrogens is 192 g/mol. The van der Waals surface area contributed by atoms with E-state index < -0.39 is 21.1 Å². The van der Waals surface area contributed by atoms with Crippen LogP contribution in [0, 0.1) is 5.41 Å². The number of hydrogen-bond acceptors (Lipinski definition) is 3. The highest BCUT2D eigenvalue weighted by molar-refractivity contribution is 7.85. The van der Waals surface area contributed by atoms with Gasteiger partial charge in [-0.3, -0.25) is 4.55 Å². The Morgan fingerprint density at radius 1 is 1.15 bits per heavy atom. The van der Waals surface area contributed by atoms with Crippen LogP contribution in [0.15, 0.2) is 0 Å². The molecule has 2 N–H and O–H groups in total. The first kappa shape index (κ1) is 12.9. The average Bonchev–Trinajstić information content (AvgIpc) is 1.43. The van der Waals surface area contributed by atoms with Crippen LogP contribution < -0.4 is 0 Å².